The van der Waals surface area contributed by atoms with Crippen LogP contribution in [0, 0.1) is 18.3 Å². The van der Waals surface area contributed by atoms with Crippen LogP contribution in [0.5, 0.6) is 11.5 Å². The summed E-state index contributed by atoms with van der Waals surface area (Å²) in [5.41, 5.74) is 1.73. The molecule has 0 spiro atoms. The van der Waals surface area contributed by atoms with Crippen LogP contribution in [-0.4, -0.2) is 24.2 Å². The molecule has 0 unspecified atom stereocenters. The summed E-state index contributed by atoms with van der Waals surface area (Å²) >= 11 is 0. The van der Waals surface area contributed by atoms with Gasteiger partial charge < -0.3 is 9.47 Å². The number of ether oxygens (including phenoxy) is 2. The number of nitrogens with zero attached hydrogens (tertiary/aromatic N) is 3. The Morgan fingerprint density at radius 2 is 1.89 bits per heavy atom. The molecule has 0 amide bonds. The van der Waals surface area contributed by atoms with E-state index in [9.17, 15) is 0 Å². The van der Waals surface area contributed by atoms with Gasteiger partial charge in [-0.1, -0.05) is 0 Å². The first-order valence-corrected chi connectivity index (χ1v) is 5.66. The van der Waals surface area contributed by atoms with E-state index in [1.54, 1.807) is 33.3 Å². The molecule has 0 radical (unpaired) electrons. The van der Waals surface area contributed by atoms with Crippen molar-refractivity contribution in [2.24, 2.45) is 0 Å². The molecule has 96 valence electrons. The largest absolute Gasteiger partial charge is 0.497 e. The molecule has 5 nitrogen and oxygen atoms in total. The number of nitriles is 1. The van der Waals surface area contributed by atoms with Crippen LogP contribution in [-0.2, 0) is 0 Å². The van der Waals surface area contributed by atoms with E-state index < -0.39 is 0 Å². The van der Waals surface area contributed by atoms with Crippen molar-refractivity contribution in [1.82, 2.24) is 9.97 Å². The quantitative estimate of drug-likeness (QED) is 0.842. The van der Waals surface area contributed by atoms with Crippen molar-refractivity contribution in [3.8, 4) is 28.8 Å². The summed E-state index contributed by atoms with van der Waals surface area (Å²) in [6, 6.07) is 9.08. The number of hydrogen-bond acceptors (Lipinski definition) is 5. The first kappa shape index (κ1) is 12.8. The molecule has 19 heavy (non-hydrogen) atoms. The number of aryl methyl sites for hydroxylation is 1. The van der Waals surface area contributed by atoms with Gasteiger partial charge in [-0.05, 0) is 25.1 Å². The summed E-state index contributed by atoms with van der Waals surface area (Å²) in [6.07, 6.45) is 0. The van der Waals surface area contributed by atoms with Gasteiger partial charge in [0.2, 0.25) is 0 Å². The zero-order chi connectivity index (χ0) is 13.8. The van der Waals surface area contributed by atoms with Crippen molar-refractivity contribution >= 4 is 0 Å². The van der Waals surface area contributed by atoms with Crippen molar-refractivity contribution in [2.75, 3.05) is 14.2 Å². The predicted molar refractivity (Wildman–Crippen MR) is 70.0 cm³/mol. The number of hydrogen-bond donors (Lipinski definition) is 0. The third-order valence-corrected chi connectivity index (χ3v) is 2.64. The summed E-state index contributed by atoms with van der Waals surface area (Å²) in [6.45, 7) is 1.75. The average molecular weight is 255 g/mol. The second-order valence-corrected chi connectivity index (χ2v) is 3.86. The smallest absolute Gasteiger partial charge is 0.144 e. The Labute approximate surface area is 111 Å². The molecular weight excluding hydrogens is 242 g/mol. The van der Waals surface area contributed by atoms with Crippen LogP contribution < -0.4 is 9.47 Å². The summed E-state index contributed by atoms with van der Waals surface area (Å²) < 4.78 is 10.5. The third kappa shape index (κ3) is 2.63. The minimum atomic E-state index is 0.326. The van der Waals surface area contributed by atoms with E-state index >= 15 is 0 Å². The summed E-state index contributed by atoms with van der Waals surface area (Å²) in [7, 11) is 3.18. The Hall–Kier alpha value is -2.61. The highest BCUT2D eigenvalue weighted by Crippen LogP contribution is 2.32. The van der Waals surface area contributed by atoms with E-state index in [0.29, 0.717) is 28.7 Å². The lowest BCUT2D eigenvalue weighted by Gasteiger charge is -2.10. The lowest BCUT2D eigenvalue weighted by Crippen LogP contribution is -1.97. The Morgan fingerprint density at radius 3 is 2.53 bits per heavy atom. The number of benzene rings is 1. The van der Waals surface area contributed by atoms with Gasteiger partial charge in [0, 0.05) is 11.6 Å². The van der Waals surface area contributed by atoms with Crippen molar-refractivity contribution in [3.63, 3.8) is 0 Å². The molecule has 2 aromatic rings. The van der Waals surface area contributed by atoms with Crippen LogP contribution in [0.4, 0.5) is 0 Å². The Morgan fingerprint density at radius 1 is 1.11 bits per heavy atom. The molecule has 1 aromatic carbocycles. The van der Waals surface area contributed by atoms with Crippen molar-refractivity contribution in [2.45, 2.75) is 6.92 Å². The predicted octanol–water partition coefficient (Wildman–Crippen LogP) is 2.34. The maximum atomic E-state index is 8.96. The van der Waals surface area contributed by atoms with E-state index in [-0.39, 0.29) is 0 Å². The van der Waals surface area contributed by atoms with Gasteiger partial charge >= 0.3 is 0 Å². The van der Waals surface area contributed by atoms with Crippen LogP contribution in [0.3, 0.4) is 0 Å². The number of rotatable bonds is 3. The highest BCUT2D eigenvalue weighted by Gasteiger charge is 2.11. The lowest BCUT2D eigenvalue weighted by atomic mass is 10.1. The van der Waals surface area contributed by atoms with Crippen LogP contribution in [0.15, 0.2) is 24.3 Å². The van der Waals surface area contributed by atoms with Gasteiger partial charge in [0.05, 0.1) is 19.9 Å². The highest BCUT2D eigenvalue weighted by atomic mass is 16.5. The Bertz CT molecular complexity index is 648. The van der Waals surface area contributed by atoms with Crippen molar-refractivity contribution in [1.29, 1.82) is 5.26 Å². The molecule has 0 aliphatic rings. The minimum absolute atomic E-state index is 0.326. The fourth-order valence-corrected chi connectivity index (χ4v) is 1.78. The van der Waals surface area contributed by atoms with Crippen LogP contribution in [0.1, 0.15) is 11.5 Å². The molecule has 0 aliphatic heterocycles. The maximum absolute atomic E-state index is 8.96. The van der Waals surface area contributed by atoms with Crippen molar-refractivity contribution < 1.29 is 9.47 Å². The summed E-state index contributed by atoms with van der Waals surface area (Å²) in [5, 5.41) is 8.96. The first-order chi connectivity index (χ1) is 9.17. The van der Waals surface area contributed by atoms with E-state index in [1.165, 1.54) is 0 Å². The van der Waals surface area contributed by atoms with Gasteiger partial charge in [0.25, 0.3) is 0 Å². The zero-order valence-corrected chi connectivity index (χ0v) is 11.0. The minimum Gasteiger partial charge on any atom is -0.497 e. The molecule has 0 saturated heterocycles. The van der Waals surface area contributed by atoms with Gasteiger partial charge in [-0.15, -0.1) is 0 Å². The van der Waals surface area contributed by atoms with Crippen molar-refractivity contribution in [3.05, 3.63) is 35.8 Å². The summed E-state index contributed by atoms with van der Waals surface area (Å²) in [4.78, 5) is 8.37. The van der Waals surface area contributed by atoms with Gasteiger partial charge in [0.15, 0.2) is 0 Å². The molecule has 5 heteroatoms. The lowest BCUT2D eigenvalue weighted by molar-refractivity contribution is 0.404. The average Bonchev–Trinajstić information content (AvgIpc) is 2.45. The zero-order valence-electron chi connectivity index (χ0n) is 11.0. The van der Waals surface area contributed by atoms with Gasteiger partial charge in [-0.25, -0.2) is 9.97 Å². The molecule has 1 aromatic heterocycles. The fourth-order valence-electron chi connectivity index (χ4n) is 1.78. The van der Waals surface area contributed by atoms with E-state index in [1.807, 2.05) is 18.2 Å². The first-order valence-electron chi connectivity index (χ1n) is 5.66. The van der Waals surface area contributed by atoms with Gasteiger partial charge in [-0.2, -0.15) is 5.26 Å². The normalized spacial score (nSPS) is 9.79. The SMILES string of the molecule is COc1ccc(OC)c(-c2cc(C#N)nc(C)n2)c1. The molecular formula is C14H13N3O2. The molecule has 0 saturated carbocycles. The molecule has 0 aliphatic carbocycles. The molecule has 1 heterocycles. The molecule has 2 rings (SSSR count). The van der Waals surface area contributed by atoms with Crippen LogP contribution >= 0.6 is 0 Å². The fraction of sp³-hybridized carbons (Fsp3) is 0.214. The summed E-state index contributed by atoms with van der Waals surface area (Å²) in [5.74, 6) is 1.91. The second-order valence-electron chi connectivity index (χ2n) is 3.86. The second kappa shape index (κ2) is 5.36. The molecule has 0 N–H and O–H groups in total. The van der Waals surface area contributed by atoms with E-state index in [0.717, 1.165) is 5.56 Å². The standard InChI is InChI=1S/C14H13N3O2/c1-9-16-10(8-15)6-13(17-9)12-7-11(18-2)4-5-14(12)19-3/h4-7H,1-3H3. The van der Waals surface area contributed by atoms with Gasteiger partial charge in [-0.3, -0.25) is 0 Å². The molecule has 0 fully saturated rings. The van der Waals surface area contributed by atoms with E-state index in [2.05, 4.69) is 9.97 Å². The monoisotopic (exact) mass is 255 g/mol. The molecule has 0 atom stereocenters. The van der Waals surface area contributed by atoms with Crippen LogP contribution in [0.2, 0.25) is 0 Å². The number of aromatic nitrogens is 2. The van der Waals surface area contributed by atoms with Gasteiger partial charge in [0.1, 0.15) is 29.1 Å². The van der Waals surface area contributed by atoms with E-state index in [4.69, 9.17) is 14.7 Å². The maximum Gasteiger partial charge on any atom is 0.144 e. The van der Waals surface area contributed by atoms with Crippen LogP contribution in [0.25, 0.3) is 11.3 Å². The highest BCUT2D eigenvalue weighted by molar-refractivity contribution is 5.69. The Balaban J connectivity index is 2.63. The molecule has 0 bridgehead atoms. The Kier molecular flexibility index (Phi) is 3.62. The third-order valence-electron chi connectivity index (χ3n) is 2.64. The number of methoxy groups -OCH3 is 2. The topological polar surface area (TPSA) is 68.0 Å².